The Morgan fingerprint density at radius 3 is 2.25 bits per heavy atom. The lowest BCUT2D eigenvalue weighted by Crippen LogP contribution is -2.47. The number of hydrogen-bond acceptors (Lipinski definition) is 4. The Morgan fingerprint density at radius 1 is 1.05 bits per heavy atom. The molecule has 0 N–H and O–H groups in total. The fourth-order valence-electron chi connectivity index (χ4n) is 2.49. The van der Waals surface area contributed by atoms with E-state index in [0.29, 0.717) is 6.54 Å². The molecule has 0 spiro atoms. The van der Waals surface area contributed by atoms with Gasteiger partial charge >= 0.3 is 0 Å². The highest BCUT2D eigenvalue weighted by Crippen LogP contribution is 2.12. The third kappa shape index (κ3) is 4.89. The molecular formula is C15H24N2O2S. The smallest absolute Gasteiger partial charge is 0.148 e. The van der Waals surface area contributed by atoms with Crippen molar-refractivity contribution >= 4 is 9.84 Å². The Hall–Kier alpha value is -0.910. The number of aryl methyl sites for hydroxylation is 1. The van der Waals surface area contributed by atoms with Crippen LogP contribution >= 0.6 is 0 Å². The molecule has 0 bridgehead atoms. The standard InChI is InChI=1S/C15H24N2O2S/c1-14-5-3-4-6-15(14)13-17-9-7-16(8-10-17)11-12-20(2,18)19/h3-6H,7-13H2,1-2H3. The number of nitrogens with zero attached hydrogens (tertiary/aromatic N) is 2. The van der Waals surface area contributed by atoms with Crippen LogP contribution in [0.3, 0.4) is 0 Å². The second-order valence-electron chi connectivity index (χ2n) is 5.67. The highest BCUT2D eigenvalue weighted by molar-refractivity contribution is 7.90. The molecule has 1 heterocycles. The van der Waals surface area contributed by atoms with Crippen molar-refractivity contribution in [2.75, 3.05) is 44.7 Å². The van der Waals surface area contributed by atoms with E-state index in [9.17, 15) is 8.42 Å². The molecule has 5 heteroatoms. The summed E-state index contributed by atoms with van der Waals surface area (Å²) in [7, 11) is -2.85. The maximum Gasteiger partial charge on any atom is 0.148 e. The van der Waals surface area contributed by atoms with Crippen LogP contribution in [0.25, 0.3) is 0 Å². The van der Waals surface area contributed by atoms with Gasteiger partial charge in [0.25, 0.3) is 0 Å². The van der Waals surface area contributed by atoms with Gasteiger partial charge in [0.2, 0.25) is 0 Å². The van der Waals surface area contributed by atoms with Gasteiger partial charge in [0, 0.05) is 45.5 Å². The maximum absolute atomic E-state index is 11.2. The summed E-state index contributed by atoms with van der Waals surface area (Å²) >= 11 is 0. The van der Waals surface area contributed by atoms with Gasteiger partial charge in [0.05, 0.1) is 5.75 Å². The predicted molar refractivity (Wildman–Crippen MR) is 82.6 cm³/mol. The number of sulfone groups is 1. The lowest BCUT2D eigenvalue weighted by Gasteiger charge is -2.34. The molecule has 0 radical (unpaired) electrons. The Kier molecular flexibility index (Phi) is 5.18. The van der Waals surface area contributed by atoms with Crippen molar-refractivity contribution in [3.05, 3.63) is 35.4 Å². The maximum atomic E-state index is 11.2. The fraction of sp³-hybridized carbons (Fsp3) is 0.600. The zero-order chi connectivity index (χ0) is 14.6. The lowest BCUT2D eigenvalue weighted by molar-refractivity contribution is 0.132. The summed E-state index contributed by atoms with van der Waals surface area (Å²) in [6, 6.07) is 8.50. The Morgan fingerprint density at radius 2 is 1.65 bits per heavy atom. The molecule has 1 saturated heterocycles. The van der Waals surface area contributed by atoms with Crippen molar-refractivity contribution < 1.29 is 8.42 Å². The first-order valence-electron chi connectivity index (χ1n) is 7.11. The molecule has 0 aromatic heterocycles. The summed E-state index contributed by atoms with van der Waals surface area (Å²) in [5, 5.41) is 0. The first-order chi connectivity index (χ1) is 9.44. The van der Waals surface area contributed by atoms with Gasteiger partial charge in [-0.2, -0.15) is 0 Å². The molecule has 2 rings (SSSR count). The second-order valence-corrected chi connectivity index (χ2v) is 7.93. The van der Waals surface area contributed by atoms with Crippen molar-refractivity contribution in [3.63, 3.8) is 0 Å². The SMILES string of the molecule is Cc1ccccc1CN1CCN(CCS(C)(=O)=O)CC1. The van der Waals surface area contributed by atoms with Gasteiger partial charge in [0.1, 0.15) is 9.84 Å². The normalized spacial score (nSPS) is 18.3. The van der Waals surface area contributed by atoms with E-state index in [-0.39, 0.29) is 5.75 Å². The molecule has 1 aliphatic heterocycles. The molecule has 0 saturated carbocycles. The average Bonchev–Trinajstić information content (AvgIpc) is 2.40. The van der Waals surface area contributed by atoms with Gasteiger partial charge in [-0.25, -0.2) is 8.42 Å². The molecule has 4 nitrogen and oxygen atoms in total. The molecule has 112 valence electrons. The molecule has 20 heavy (non-hydrogen) atoms. The zero-order valence-corrected chi connectivity index (χ0v) is 13.2. The number of rotatable bonds is 5. The van der Waals surface area contributed by atoms with Crippen molar-refractivity contribution in [1.29, 1.82) is 0 Å². The average molecular weight is 296 g/mol. The van der Waals surface area contributed by atoms with E-state index in [0.717, 1.165) is 32.7 Å². The summed E-state index contributed by atoms with van der Waals surface area (Å²) in [6.07, 6.45) is 1.31. The van der Waals surface area contributed by atoms with Crippen LogP contribution in [0.15, 0.2) is 24.3 Å². The quantitative estimate of drug-likeness (QED) is 0.817. The van der Waals surface area contributed by atoms with Crippen LogP contribution in [0.1, 0.15) is 11.1 Å². The van der Waals surface area contributed by atoms with Crippen molar-refractivity contribution in [3.8, 4) is 0 Å². The second kappa shape index (κ2) is 6.70. The van der Waals surface area contributed by atoms with Crippen molar-refractivity contribution in [2.24, 2.45) is 0 Å². The number of benzene rings is 1. The number of piperazine rings is 1. The van der Waals surface area contributed by atoms with Gasteiger partial charge in [-0.1, -0.05) is 24.3 Å². The topological polar surface area (TPSA) is 40.6 Å². The van der Waals surface area contributed by atoms with Crippen molar-refractivity contribution in [2.45, 2.75) is 13.5 Å². The van der Waals surface area contributed by atoms with E-state index in [2.05, 4.69) is 41.0 Å². The largest absolute Gasteiger partial charge is 0.300 e. The fourth-order valence-corrected chi connectivity index (χ4v) is 3.08. The summed E-state index contributed by atoms with van der Waals surface area (Å²) in [5.41, 5.74) is 2.73. The van der Waals surface area contributed by atoms with E-state index in [1.165, 1.54) is 17.4 Å². The van der Waals surface area contributed by atoms with E-state index >= 15 is 0 Å². The molecule has 1 aromatic rings. The first kappa shape index (κ1) is 15.5. The summed E-state index contributed by atoms with van der Waals surface area (Å²) in [5.74, 6) is 0.269. The van der Waals surface area contributed by atoms with Gasteiger partial charge < -0.3 is 0 Å². The molecule has 1 aliphatic rings. The highest BCUT2D eigenvalue weighted by atomic mass is 32.2. The lowest BCUT2D eigenvalue weighted by atomic mass is 10.1. The van der Waals surface area contributed by atoms with Crippen LogP contribution in [-0.2, 0) is 16.4 Å². The minimum absolute atomic E-state index is 0.269. The summed E-state index contributed by atoms with van der Waals surface area (Å²) in [6.45, 7) is 7.75. The van der Waals surface area contributed by atoms with Crippen molar-refractivity contribution in [1.82, 2.24) is 9.80 Å². The zero-order valence-electron chi connectivity index (χ0n) is 12.4. The van der Waals surface area contributed by atoms with E-state index in [1.807, 2.05) is 0 Å². The molecule has 1 fully saturated rings. The minimum atomic E-state index is -2.85. The predicted octanol–water partition coefficient (Wildman–Crippen LogP) is 1.16. The third-order valence-electron chi connectivity index (χ3n) is 3.90. The Labute approximate surface area is 122 Å². The van der Waals surface area contributed by atoms with Crippen LogP contribution in [0.5, 0.6) is 0 Å². The van der Waals surface area contributed by atoms with E-state index in [4.69, 9.17) is 0 Å². The molecule has 0 aliphatic carbocycles. The first-order valence-corrected chi connectivity index (χ1v) is 9.17. The van der Waals surface area contributed by atoms with E-state index in [1.54, 1.807) is 0 Å². The van der Waals surface area contributed by atoms with E-state index < -0.39 is 9.84 Å². The molecule has 0 atom stereocenters. The van der Waals surface area contributed by atoms with Gasteiger partial charge in [-0.05, 0) is 18.1 Å². The summed E-state index contributed by atoms with van der Waals surface area (Å²) < 4.78 is 22.4. The molecule has 1 aromatic carbocycles. The summed E-state index contributed by atoms with van der Waals surface area (Å²) in [4.78, 5) is 4.69. The van der Waals surface area contributed by atoms with Gasteiger partial charge in [-0.15, -0.1) is 0 Å². The molecule has 0 amide bonds. The monoisotopic (exact) mass is 296 g/mol. The van der Waals surface area contributed by atoms with Gasteiger partial charge in [0.15, 0.2) is 0 Å². The van der Waals surface area contributed by atoms with Crippen LogP contribution in [0.2, 0.25) is 0 Å². The Bertz CT molecular complexity index is 535. The number of hydrogen-bond donors (Lipinski definition) is 0. The minimum Gasteiger partial charge on any atom is -0.300 e. The molecular weight excluding hydrogens is 272 g/mol. The third-order valence-corrected chi connectivity index (χ3v) is 4.82. The highest BCUT2D eigenvalue weighted by Gasteiger charge is 2.18. The van der Waals surface area contributed by atoms with Crippen LogP contribution in [-0.4, -0.2) is 63.0 Å². The van der Waals surface area contributed by atoms with Crippen LogP contribution in [0.4, 0.5) is 0 Å². The Balaban J connectivity index is 1.79. The van der Waals surface area contributed by atoms with Gasteiger partial charge in [-0.3, -0.25) is 9.80 Å². The van der Waals surface area contributed by atoms with Crippen LogP contribution in [0, 0.1) is 6.92 Å². The molecule has 0 unspecified atom stereocenters. The van der Waals surface area contributed by atoms with Crippen LogP contribution < -0.4 is 0 Å².